The van der Waals surface area contributed by atoms with E-state index in [1.165, 1.54) is 123 Å². The molecule has 0 saturated carbocycles. The van der Waals surface area contributed by atoms with Crippen LogP contribution >= 0.6 is 22.7 Å². The Morgan fingerprint density at radius 2 is 0.741 bits per heavy atom. The van der Waals surface area contributed by atoms with Crippen LogP contribution in [0, 0.1) is 0 Å². The second kappa shape index (κ2) is 45.4. The molecular formula is C88H85F18N23O8S2. The van der Waals surface area contributed by atoms with Crippen LogP contribution in [-0.2, 0) is 70.8 Å². The highest BCUT2D eigenvalue weighted by molar-refractivity contribution is 7.17. The summed E-state index contributed by atoms with van der Waals surface area (Å²) in [7, 11) is 19.8. The Morgan fingerprint density at radius 3 is 1.14 bits per heavy atom. The zero-order chi connectivity index (χ0) is 103. The minimum atomic E-state index is -4.60. The average molecular weight is 2000 g/mol. The molecule has 738 valence electrons. The third kappa shape index (κ3) is 28.7. The molecule has 0 saturated heterocycles. The maximum absolute atomic E-state index is 13.4. The lowest BCUT2D eigenvalue weighted by atomic mass is 10.1. The Labute approximate surface area is 786 Å². The van der Waals surface area contributed by atoms with Crippen LogP contribution in [0.5, 0.6) is 0 Å². The van der Waals surface area contributed by atoms with Crippen molar-refractivity contribution < 1.29 is 118 Å². The lowest BCUT2D eigenvalue weighted by Crippen LogP contribution is -2.35. The quantitative estimate of drug-likeness (QED) is 0.0407. The normalized spacial score (nSPS) is 11.6. The predicted octanol–water partition coefficient (Wildman–Crippen LogP) is 15.6. The summed E-state index contributed by atoms with van der Waals surface area (Å²) in [5.74, 6) is -1.99. The molecule has 0 fully saturated rings. The van der Waals surface area contributed by atoms with Crippen LogP contribution in [0.3, 0.4) is 0 Å². The number of hydrazine groups is 1. The van der Waals surface area contributed by atoms with Gasteiger partial charge in [-0.2, -0.15) is 110 Å². The Morgan fingerprint density at radius 1 is 0.367 bits per heavy atom. The third-order valence-corrected chi connectivity index (χ3v) is 20.9. The smallest absolute Gasteiger partial charge is 0.394 e. The standard InChI is InChI=1S/C19H17F3N4O.C18H15F3N4O.2C14H15F3N4O2.C12H13F3N4OS.C11H10F3N3OS/c1-25(2)18(27)15-10-14(8-9-23-15)16-11-17(19(20,21)22)24-26(16)12-13-6-4-3-5-7-13;1-24(2)17(26)14-10-6-9-13(22-14)15-11-16(18(19,20)21)25(23-15)12-7-4-3-5-8-12;1-20(2)13(23)10-7-9(3-4-18-10)11-8-12(14(15,16)17)19-21(11)5-6-22;1-20(2)13(23)10-5-3-4-9(18-10)11-8-12(14(15,16)17)19-21(11)6-7-22;1-18(2)17-11(20)9-5-4-8(21-9)7-6-10(12(13,14)15)19(3)16-7;1-15-10(18)8-4-3-7(19-8)6-5-9(11(12,13)14)17(2)16-6/h3-11H,12H2,1-2H3;3-11H,1-2H3;3-4,7-8,22H,5-6H2,1-2H3;3-5,8,22H,6-7H2,1-2H3;4-6H,1-3H3,(H,17,20);3-5H,1-2H3,(H,15,18). The molecule has 0 aliphatic rings. The number of nitrogens with one attached hydrogen (secondary N) is 2. The van der Waals surface area contributed by atoms with Crippen LogP contribution in [0.2, 0.25) is 0 Å². The van der Waals surface area contributed by atoms with Crippen molar-refractivity contribution in [2.75, 3.05) is 90.7 Å². The molecule has 14 aromatic rings. The third-order valence-electron chi connectivity index (χ3n) is 18.7. The number of nitrogens with zero attached hydrogens (tertiary/aromatic N) is 21. The first-order valence-corrected chi connectivity index (χ1v) is 42.0. The van der Waals surface area contributed by atoms with E-state index in [1.54, 1.807) is 125 Å². The minimum Gasteiger partial charge on any atom is -0.394 e. The molecule has 4 N–H and O–H groups in total. The van der Waals surface area contributed by atoms with Crippen molar-refractivity contribution in [3.8, 4) is 72.1 Å². The van der Waals surface area contributed by atoms with E-state index in [0.29, 0.717) is 30.6 Å². The number of amides is 6. The number of aromatic nitrogens is 16. The number of carbonyl (C=O) groups is 6. The fraction of sp³-hybridized carbons (Fsp3) is 0.273. The van der Waals surface area contributed by atoms with E-state index in [2.05, 4.69) is 61.3 Å². The topological polar surface area (TPSA) is 342 Å². The van der Waals surface area contributed by atoms with Crippen LogP contribution < -0.4 is 10.7 Å². The first kappa shape index (κ1) is 108. The number of pyridine rings is 4. The van der Waals surface area contributed by atoms with Crippen molar-refractivity contribution in [3.63, 3.8) is 0 Å². The summed E-state index contributed by atoms with van der Waals surface area (Å²) in [4.78, 5) is 94.6. The summed E-state index contributed by atoms with van der Waals surface area (Å²) in [6.45, 7) is -0.766. The number of hydrogen-bond acceptors (Lipinski definition) is 21. The molecule has 0 aliphatic heterocycles. The number of halogens is 18. The summed E-state index contributed by atoms with van der Waals surface area (Å²) >= 11 is 2.18. The second-order valence-electron chi connectivity index (χ2n) is 30.2. The summed E-state index contributed by atoms with van der Waals surface area (Å²) in [5.41, 5.74) is 0.594. The van der Waals surface area contributed by atoms with E-state index in [9.17, 15) is 108 Å². The summed E-state index contributed by atoms with van der Waals surface area (Å²) < 4.78 is 239. The van der Waals surface area contributed by atoms with Crippen molar-refractivity contribution in [2.45, 2.75) is 56.7 Å². The molecule has 51 heteroatoms. The molecule has 0 aliphatic carbocycles. The number of alkyl halides is 18. The van der Waals surface area contributed by atoms with Crippen molar-refractivity contribution in [1.82, 2.24) is 114 Å². The van der Waals surface area contributed by atoms with Crippen LogP contribution in [0.15, 0.2) is 194 Å². The summed E-state index contributed by atoms with van der Waals surface area (Å²) in [6.07, 6.45) is -24.5. The van der Waals surface area contributed by atoms with Gasteiger partial charge in [-0.1, -0.05) is 60.7 Å². The molecular weight excluding hydrogens is 1910 g/mol. The molecule has 0 radical (unpaired) electrons. The molecule has 139 heavy (non-hydrogen) atoms. The number of benzene rings is 2. The van der Waals surface area contributed by atoms with Gasteiger partial charge in [0.15, 0.2) is 17.1 Å². The Bertz CT molecular complexity index is 6460. The number of rotatable bonds is 20. The van der Waals surface area contributed by atoms with E-state index in [-0.39, 0.29) is 142 Å². The molecule has 31 nitrogen and oxygen atoms in total. The molecule has 0 bridgehead atoms. The number of thiophene rings is 2. The fourth-order valence-corrected chi connectivity index (χ4v) is 14.0. The molecule has 14 rings (SSSR count). The SMILES string of the molecule is CN(C)C(=O)c1cc(-c2cc(C(F)(F)F)nn2CCO)ccn1.CN(C)C(=O)c1cc(-c2cc(C(F)(F)F)nn2Cc2ccccc2)ccn1.CN(C)C(=O)c1cccc(-c2cc(C(F)(F)F)n(-c3ccccc3)n2)n1.CN(C)C(=O)c1cccc(-c2cc(C(F)(F)F)nn2CCO)n1.CN(C)NC(=O)c1ccc(-c2cc(C(F)(F)F)n(C)n2)s1.CNC(=O)c1ccc(-c2cc(C(F)(F)F)n(C)n2)s1. The number of carbonyl (C=O) groups excluding carboxylic acids is 6. The highest BCUT2D eigenvalue weighted by Crippen LogP contribution is 2.40. The average Bonchev–Trinajstić information content (AvgIpc) is 1.64. The van der Waals surface area contributed by atoms with Crippen LogP contribution in [0.25, 0.3) is 72.1 Å². The number of para-hydroxylation sites is 1. The molecule has 12 aromatic heterocycles. The molecule has 6 amide bonds. The first-order valence-electron chi connectivity index (χ1n) is 40.3. The van der Waals surface area contributed by atoms with Gasteiger partial charge in [0, 0.05) is 115 Å². The van der Waals surface area contributed by atoms with Gasteiger partial charge in [-0.25, -0.2) is 19.7 Å². The van der Waals surface area contributed by atoms with Gasteiger partial charge in [-0.3, -0.25) is 67.6 Å². The predicted molar refractivity (Wildman–Crippen MR) is 473 cm³/mol. The Kier molecular flexibility index (Phi) is 35.2. The van der Waals surface area contributed by atoms with Gasteiger partial charge in [-0.05, 0) is 127 Å². The molecule has 0 spiro atoms. The second-order valence-corrected chi connectivity index (χ2v) is 32.4. The van der Waals surface area contributed by atoms with Crippen molar-refractivity contribution in [3.05, 3.63) is 267 Å². The zero-order valence-electron chi connectivity index (χ0n) is 75.4. The maximum atomic E-state index is 13.4. The highest BCUT2D eigenvalue weighted by atomic mass is 32.1. The van der Waals surface area contributed by atoms with E-state index in [0.717, 1.165) is 88.0 Å². The van der Waals surface area contributed by atoms with Crippen molar-refractivity contribution >= 4 is 58.1 Å². The van der Waals surface area contributed by atoms with E-state index in [4.69, 9.17) is 10.2 Å². The lowest BCUT2D eigenvalue weighted by molar-refractivity contribution is -0.144. The highest BCUT2D eigenvalue weighted by Gasteiger charge is 2.41. The number of aryl methyl sites for hydroxylation is 2. The Balaban J connectivity index is 0.000000187. The van der Waals surface area contributed by atoms with Gasteiger partial charge >= 0.3 is 37.1 Å². The van der Waals surface area contributed by atoms with Crippen molar-refractivity contribution in [1.29, 1.82) is 0 Å². The maximum Gasteiger partial charge on any atom is 0.435 e. The van der Waals surface area contributed by atoms with Gasteiger partial charge in [-0.15, -0.1) is 22.7 Å². The van der Waals surface area contributed by atoms with Gasteiger partial charge in [0.25, 0.3) is 35.4 Å². The summed E-state index contributed by atoms with van der Waals surface area (Å²) in [6, 6.07) is 44.0. The zero-order valence-corrected chi connectivity index (χ0v) is 77.0. The van der Waals surface area contributed by atoms with Gasteiger partial charge in [0.05, 0.1) is 86.5 Å². The molecule has 0 atom stereocenters. The monoisotopic (exact) mass is 2000 g/mol. The van der Waals surface area contributed by atoms with Crippen molar-refractivity contribution in [2.24, 2.45) is 14.1 Å². The van der Waals surface area contributed by atoms with E-state index in [1.807, 2.05) is 30.3 Å². The largest absolute Gasteiger partial charge is 0.435 e. The van der Waals surface area contributed by atoms with E-state index >= 15 is 0 Å². The van der Waals surface area contributed by atoms with Crippen LogP contribution in [0.1, 0.15) is 101 Å². The first-order chi connectivity index (χ1) is 65.0. The Hall–Kier alpha value is -14.9. The van der Waals surface area contributed by atoms with Crippen LogP contribution in [0.4, 0.5) is 79.0 Å². The number of aliphatic hydroxyl groups is 2. The van der Waals surface area contributed by atoms with Gasteiger partial charge in [0.1, 0.15) is 56.9 Å². The van der Waals surface area contributed by atoms with Gasteiger partial charge < -0.3 is 35.1 Å². The van der Waals surface area contributed by atoms with E-state index < -0.39 is 71.2 Å². The molecule has 2 aromatic carbocycles. The molecule has 12 heterocycles. The lowest BCUT2D eigenvalue weighted by Gasteiger charge is -2.11. The number of hydrogen-bond donors (Lipinski definition) is 4. The summed E-state index contributed by atoms with van der Waals surface area (Å²) in [5, 5.41) is 44.3. The van der Waals surface area contributed by atoms with Gasteiger partial charge in [0.2, 0.25) is 0 Å². The van der Waals surface area contributed by atoms with Crippen LogP contribution in [-0.4, -0.2) is 240 Å². The fourth-order valence-electron chi connectivity index (χ4n) is 12.2. The minimum absolute atomic E-state index is 0.0367. The molecule has 0 unspecified atom stereocenters. The number of aliphatic hydroxyl groups excluding tert-OH is 2.